The molecule has 0 aromatic heterocycles. The van der Waals surface area contributed by atoms with Gasteiger partial charge in [-0.25, -0.2) is 18.4 Å². The van der Waals surface area contributed by atoms with Crippen LogP contribution in [-0.4, -0.2) is 60.8 Å². The fourth-order valence-corrected chi connectivity index (χ4v) is 3.29. The smallest absolute Gasteiger partial charge is 0.414 e. The molecule has 2 aliphatic rings. The van der Waals surface area contributed by atoms with Gasteiger partial charge in [-0.2, -0.15) is 0 Å². The average Bonchev–Trinajstić information content (AvgIpc) is 3.18. The van der Waals surface area contributed by atoms with Gasteiger partial charge >= 0.3 is 16.9 Å². The fourth-order valence-electron chi connectivity index (χ4n) is 3.29. The third-order valence-electron chi connectivity index (χ3n) is 4.41. The van der Waals surface area contributed by atoms with Crippen LogP contribution in [0.3, 0.4) is 0 Å². The highest BCUT2D eigenvalue weighted by molar-refractivity contribution is 6.93. The number of nitrogens with one attached hydrogen (secondary N) is 1. The minimum absolute atomic E-state index is 0.0351. The lowest BCUT2D eigenvalue weighted by Gasteiger charge is -2.20. The van der Waals surface area contributed by atoms with E-state index in [-0.39, 0.29) is 37.4 Å². The van der Waals surface area contributed by atoms with Crippen LogP contribution in [0.15, 0.2) is 12.1 Å². The number of hydrogen-bond acceptors (Lipinski definition) is 6. The summed E-state index contributed by atoms with van der Waals surface area (Å²) in [5.74, 6) is -1.10. The average molecular weight is 510 g/mol. The number of benzene rings is 1. The number of alkyl carbamates (subject to hydrolysis) is 1. The van der Waals surface area contributed by atoms with Crippen molar-refractivity contribution in [1.82, 2.24) is 5.32 Å². The number of carbonyl (C=O) groups excluding carboxylic acids is 4. The van der Waals surface area contributed by atoms with E-state index in [2.05, 4.69) is 28.5 Å². The summed E-state index contributed by atoms with van der Waals surface area (Å²) in [6, 6.07) is 2.65. The number of nitrogens with zero attached hydrogens (tertiary/aromatic N) is 2. The maximum atomic E-state index is 14.6. The van der Waals surface area contributed by atoms with E-state index in [1.165, 1.54) is 11.0 Å². The van der Waals surface area contributed by atoms with Gasteiger partial charge in [0.15, 0.2) is 0 Å². The molecule has 0 spiro atoms. The van der Waals surface area contributed by atoms with E-state index in [0.717, 1.165) is 11.0 Å². The quantitative estimate of drug-likeness (QED) is 0.598. The van der Waals surface area contributed by atoms with Crippen molar-refractivity contribution in [3.05, 3.63) is 23.5 Å². The lowest BCUT2D eigenvalue weighted by atomic mass is 10.1. The Hall–Kier alpha value is -2.66. The highest BCUT2D eigenvalue weighted by atomic mass is 35.5. The summed E-state index contributed by atoms with van der Waals surface area (Å²) in [6.45, 7) is 4.31. The maximum absolute atomic E-state index is 14.6. The third-order valence-corrected chi connectivity index (χ3v) is 4.41. The molecule has 2 heterocycles. The van der Waals surface area contributed by atoms with E-state index >= 15 is 0 Å². The molecule has 3 amide bonds. The first-order chi connectivity index (χ1) is 15.3. The van der Waals surface area contributed by atoms with Gasteiger partial charge in [0.25, 0.3) is 0 Å². The molecule has 182 valence electrons. The molecule has 0 unspecified atom stereocenters. The Morgan fingerprint density at radius 2 is 1.91 bits per heavy atom. The maximum Gasteiger partial charge on any atom is 0.414 e. The molecule has 0 radical (unpaired) electrons. The topological polar surface area (TPSA) is 105 Å². The van der Waals surface area contributed by atoms with Crippen molar-refractivity contribution >= 4 is 57.4 Å². The molecular weight excluding hydrogens is 487 g/mol. The number of fused-ring (bicyclic) bond motifs is 1. The molecule has 2 aliphatic heterocycles. The van der Waals surface area contributed by atoms with Crippen LogP contribution in [0.1, 0.15) is 26.3 Å². The lowest BCUT2D eigenvalue weighted by molar-refractivity contribution is -0.117. The fraction of sp³-hybridized carbons (Fsp3) is 0.500. The first-order valence-corrected chi connectivity index (χ1v) is 10.6. The monoisotopic (exact) mass is 509 g/mol. The molecule has 1 fully saturated rings. The van der Waals surface area contributed by atoms with Crippen LogP contribution in [0.25, 0.3) is 0 Å². The van der Waals surface area contributed by atoms with Gasteiger partial charge in [-0.3, -0.25) is 14.5 Å². The summed E-state index contributed by atoms with van der Waals surface area (Å²) >= 11 is 8.80. The third kappa shape index (κ3) is 7.43. The Bertz CT molecular complexity index is 937. The molecule has 1 saturated heterocycles. The molecule has 9 nitrogen and oxygen atoms in total. The van der Waals surface area contributed by atoms with Crippen molar-refractivity contribution in [1.29, 1.82) is 0 Å². The van der Waals surface area contributed by atoms with E-state index in [9.17, 15) is 23.2 Å². The molecular formula is C20H23Cl2F2N3O6. The normalized spacial score (nSPS) is 17.2. The number of hydrogen-bond donors (Lipinski definition) is 1. The summed E-state index contributed by atoms with van der Waals surface area (Å²) in [5, 5.41) is 2.53. The zero-order valence-corrected chi connectivity index (χ0v) is 19.6. The summed E-state index contributed by atoms with van der Waals surface area (Å²) in [6.07, 6.45) is -2.03. The van der Waals surface area contributed by atoms with Gasteiger partial charge in [-0.1, -0.05) is 0 Å². The molecule has 0 bridgehead atoms. The SMILES string of the molecule is CC(C)(C)OC(=O)NC[C@H]1CN(c2cc(F)c3c(c2)CC(=O)N3CCF)C(=O)O1.O=C(Cl)Cl. The van der Waals surface area contributed by atoms with Gasteiger partial charge in [-0.05, 0) is 61.7 Å². The van der Waals surface area contributed by atoms with Crippen molar-refractivity contribution in [2.45, 2.75) is 38.9 Å². The number of rotatable bonds is 5. The van der Waals surface area contributed by atoms with Gasteiger partial charge in [0.05, 0.1) is 37.4 Å². The van der Waals surface area contributed by atoms with Gasteiger partial charge in [0.2, 0.25) is 5.91 Å². The minimum atomic E-state index is -0.889. The summed E-state index contributed by atoms with van der Waals surface area (Å²) in [4.78, 5) is 47.2. The van der Waals surface area contributed by atoms with Gasteiger partial charge in [0, 0.05) is 0 Å². The largest absolute Gasteiger partial charge is 0.444 e. The molecule has 1 N–H and O–H groups in total. The number of ether oxygens (including phenoxy) is 2. The van der Waals surface area contributed by atoms with Crippen LogP contribution in [0.2, 0.25) is 0 Å². The predicted molar refractivity (Wildman–Crippen MR) is 117 cm³/mol. The standard InChI is InChI=1S/C19H23F2N3O5.CCl2O/c1-19(2,3)29-17(26)22-9-13-10-24(18(27)28-13)12-6-11-7-15(25)23(5-4-20)16(11)14(21)8-12;2-1(3)4/h6,8,13H,4-5,7,9-10H2,1-3H3,(H,22,26);/t13-;/m0./s1. The Labute approximate surface area is 198 Å². The van der Waals surface area contributed by atoms with E-state index in [0.29, 0.717) is 5.56 Å². The first-order valence-electron chi connectivity index (χ1n) is 9.81. The molecule has 13 heteroatoms. The first kappa shape index (κ1) is 26.6. The van der Waals surface area contributed by atoms with Crippen molar-refractivity contribution in [3.63, 3.8) is 0 Å². The van der Waals surface area contributed by atoms with E-state index in [4.69, 9.17) is 14.3 Å². The summed E-state index contributed by atoms with van der Waals surface area (Å²) in [5.41, 5.74) is 0.0207. The summed E-state index contributed by atoms with van der Waals surface area (Å²) < 4.78 is 36.7. The second-order valence-electron chi connectivity index (χ2n) is 8.07. The number of amides is 3. The van der Waals surface area contributed by atoms with E-state index in [1.54, 1.807) is 20.8 Å². The Morgan fingerprint density at radius 3 is 2.48 bits per heavy atom. The lowest BCUT2D eigenvalue weighted by Crippen LogP contribution is -2.38. The highest BCUT2D eigenvalue weighted by Gasteiger charge is 2.36. The Morgan fingerprint density at radius 1 is 1.27 bits per heavy atom. The van der Waals surface area contributed by atoms with Gasteiger partial charge in [-0.15, -0.1) is 0 Å². The van der Waals surface area contributed by atoms with Gasteiger partial charge in [0.1, 0.15) is 24.2 Å². The molecule has 0 aliphatic carbocycles. The molecule has 0 saturated carbocycles. The van der Waals surface area contributed by atoms with Crippen molar-refractivity contribution in [2.75, 3.05) is 36.1 Å². The molecule has 1 aromatic rings. The van der Waals surface area contributed by atoms with E-state index < -0.39 is 47.0 Å². The molecule has 1 aromatic carbocycles. The summed E-state index contributed by atoms with van der Waals surface area (Å²) in [7, 11) is 0. The van der Waals surface area contributed by atoms with Gasteiger partial charge < -0.3 is 19.7 Å². The second kappa shape index (κ2) is 11.0. The van der Waals surface area contributed by atoms with E-state index in [1.807, 2.05) is 0 Å². The minimum Gasteiger partial charge on any atom is -0.444 e. The van der Waals surface area contributed by atoms with Crippen LogP contribution in [-0.2, 0) is 20.7 Å². The molecule has 1 atom stereocenters. The van der Waals surface area contributed by atoms with Crippen molar-refractivity contribution in [2.24, 2.45) is 0 Å². The van der Waals surface area contributed by atoms with Crippen LogP contribution in [0, 0.1) is 5.82 Å². The molecule has 33 heavy (non-hydrogen) atoms. The van der Waals surface area contributed by atoms with Crippen molar-refractivity contribution in [3.8, 4) is 0 Å². The zero-order valence-electron chi connectivity index (χ0n) is 18.1. The van der Waals surface area contributed by atoms with Crippen LogP contribution in [0.5, 0.6) is 0 Å². The number of cyclic esters (lactones) is 1. The van der Waals surface area contributed by atoms with Crippen molar-refractivity contribution < 1.29 is 37.4 Å². The van der Waals surface area contributed by atoms with Crippen LogP contribution >= 0.6 is 23.2 Å². The highest BCUT2D eigenvalue weighted by Crippen LogP contribution is 2.36. The predicted octanol–water partition coefficient (Wildman–Crippen LogP) is 4.12. The Kier molecular flexibility index (Phi) is 8.84. The number of carbonyl (C=O) groups is 4. The van der Waals surface area contributed by atoms with Crippen LogP contribution in [0.4, 0.5) is 34.5 Å². The zero-order chi connectivity index (χ0) is 24.9. The second-order valence-corrected chi connectivity index (χ2v) is 8.95. The Balaban J connectivity index is 0.000000890. The van der Waals surface area contributed by atoms with Crippen LogP contribution < -0.4 is 15.1 Å². The molecule has 3 rings (SSSR count). The number of anilines is 2. The number of halogens is 4. The number of alkyl halides is 1.